The summed E-state index contributed by atoms with van der Waals surface area (Å²) in [6.45, 7) is 5.64. The fourth-order valence-electron chi connectivity index (χ4n) is 2.78. The summed E-state index contributed by atoms with van der Waals surface area (Å²) >= 11 is 0. The molecule has 7 nitrogen and oxygen atoms in total. The second kappa shape index (κ2) is 9.55. The third kappa shape index (κ3) is 7.08. The van der Waals surface area contributed by atoms with Crippen molar-refractivity contribution in [3.05, 3.63) is 17.7 Å². The molecule has 0 amide bonds. The van der Waals surface area contributed by atoms with Gasteiger partial charge in [-0.1, -0.05) is 0 Å². The first kappa shape index (κ1) is 23.8. The van der Waals surface area contributed by atoms with Crippen molar-refractivity contribution in [1.82, 2.24) is 0 Å². The van der Waals surface area contributed by atoms with Crippen molar-refractivity contribution in [3.8, 4) is 17.2 Å². The van der Waals surface area contributed by atoms with Crippen molar-refractivity contribution < 1.29 is 46.4 Å². The molecule has 10 heteroatoms. The van der Waals surface area contributed by atoms with Gasteiger partial charge in [-0.2, -0.15) is 0 Å². The average Bonchev–Trinajstić information content (AvgIpc) is 2.57. The number of esters is 1. The molecule has 1 aromatic carbocycles. The van der Waals surface area contributed by atoms with Gasteiger partial charge in [-0.15, -0.1) is 13.2 Å². The molecule has 1 aliphatic carbocycles. The molecule has 0 radical (unpaired) electrons. The maximum Gasteiger partial charge on any atom is 0.573 e. The number of halogens is 3. The van der Waals surface area contributed by atoms with Gasteiger partial charge in [0.25, 0.3) is 0 Å². The lowest BCUT2D eigenvalue weighted by Gasteiger charge is -2.35. The van der Waals surface area contributed by atoms with Gasteiger partial charge >= 0.3 is 12.3 Å². The molecule has 1 aliphatic rings. The van der Waals surface area contributed by atoms with E-state index in [9.17, 15) is 22.8 Å². The second-order valence-electron chi connectivity index (χ2n) is 7.75. The van der Waals surface area contributed by atoms with Gasteiger partial charge in [0, 0.05) is 6.07 Å². The Labute approximate surface area is 172 Å². The Morgan fingerprint density at radius 3 is 2.30 bits per heavy atom. The topological polar surface area (TPSA) is 80.3 Å². The lowest BCUT2D eigenvalue weighted by Crippen LogP contribution is -2.40. The Kier molecular flexibility index (Phi) is 7.57. The largest absolute Gasteiger partial charge is 0.573 e. The van der Waals surface area contributed by atoms with E-state index in [0.717, 1.165) is 12.1 Å². The molecule has 0 atom stereocenters. The average molecular weight is 434 g/mol. The molecule has 0 heterocycles. The number of rotatable bonds is 9. The van der Waals surface area contributed by atoms with Crippen molar-refractivity contribution >= 4 is 12.3 Å². The molecular weight excluding hydrogens is 409 g/mol. The molecule has 0 spiro atoms. The number of carbonyl (C=O) groups excluding carboxylic acids is 2. The van der Waals surface area contributed by atoms with Crippen LogP contribution in [0.2, 0.25) is 0 Å². The number of aldehydes is 1. The van der Waals surface area contributed by atoms with E-state index in [1.807, 2.05) is 0 Å². The van der Waals surface area contributed by atoms with Crippen LogP contribution in [0.4, 0.5) is 13.2 Å². The zero-order chi connectivity index (χ0) is 22.5. The third-order valence-electron chi connectivity index (χ3n) is 4.18. The molecule has 168 valence electrons. The van der Waals surface area contributed by atoms with Gasteiger partial charge < -0.3 is 23.7 Å². The molecule has 0 N–H and O–H groups in total. The number of methoxy groups -OCH3 is 1. The molecule has 2 rings (SSSR count). The van der Waals surface area contributed by atoms with Gasteiger partial charge in [0.1, 0.15) is 18.0 Å². The summed E-state index contributed by atoms with van der Waals surface area (Å²) in [7, 11) is 1.17. The Hall–Kier alpha value is -2.49. The molecule has 0 aromatic heterocycles. The van der Waals surface area contributed by atoms with E-state index in [2.05, 4.69) is 4.74 Å². The number of carbonyl (C=O) groups is 2. The minimum atomic E-state index is -4.93. The van der Waals surface area contributed by atoms with Crippen LogP contribution in [0.1, 0.15) is 44.0 Å². The van der Waals surface area contributed by atoms with Crippen LogP contribution in [0, 0.1) is 5.92 Å². The summed E-state index contributed by atoms with van der Waals surface area (Å²) in [5, 5.41) is 0. The normalized spacial score (nSPS) is 18.9. The monoisotopic (exact) mass is 434 g/mol. The fourth-order valence-corrected chi connectivity index (χ4v) is 2.78. The third-order valence-corrected chi connectivity index (χ3v) is 4.18. The summed E-state index contributed by atoms with van der Waals surface area (Å²) in [4.78, 5) is 23.1. The highest BCUT2D eigenvalue weighted by Gasteiger charge is 2.38. The first-order chi connectivity index (χ1) is 13.9. The van der Waals surface area contributed by atoms with Crippen molar-refractivity contribution in [2.45, 2.75) is 51.7 Å². The van der Waals surface area contributed by atoms with E-state index in [4.69, 9.17) is 18.9 Å². The van der Waals surface area contributed by atoms with Crippen LogP contribution in [0.15, 0.2) is 12.1 Å². The van der Waals surface area contributed by atoms with Gasteiger partial charge in [-0.25, -0.2) is 0 Å². The quantitative estimate of drug-likeness (QED) is 0.331. The fraction of sp³-hybridized carbons (Fsp3) is 0.600. The summed E-state index contributed by atoms with van der Waals surface area (Å²) in [6, 6.07) is 2.04. The molecule has 0 bridgehead atoms. The molecule has 1 saturated carbocycles. The predicted molar refractivity (Wildman–Crippen MR) is 98.9 cm³/mol. The summed E-state index contributed by atoms with van der Waals surface area (Å²) in [5.74, 6) is -1.27. The van der Waals surface area contributed by atoms with Gasteiger partial charge in [0.05, 0.1) is 31.3 Å². The van der Waals surface area contributed by atoms with Crippen LogP contribution in [0.5, 0.6) is 17.2 Å². The molecule has 0 aliphatic heterocycles. The maximum atomic E-state index is 12.5. The van der Waals surface area contributed by atoms with Crippen molar-refractivity contribution in [2.75, 3.05) is 20.3 Å². The van der Waals surface area contributed by atoms with Crippen molar-refractivity contribution in [1.29, 1.82) is 0 Å². The summed E-state index contributed by atoms with van der Waals surface area (Å²) in [6.07, 6.45) is -3.58. The second-order valence-corrected chi connectivity index (χ2v) is 7.75. The molecule has 0 unspecified atom stereocenters. The Morgan fingerprint density at radius 2 is 1.77 bits per heavy atom. The first-order valence-corrected chi connectivity index (χ1v) is 9.32. The van der Waals surface area contributed by atoms with Gasteiger partial charge in [-0.3, -0.25) is 9.59 Å². The van der Waals surface area contributed by atoms with Gasteiger partial charge in [0.2, 0.25) is 0 Å². The standard InChI is InChI=1S/C20H25F3O7/c1-19(2,3)30-18(25)12-7-14(8-12)27-5-6-28-15-10-16(26-4)17(9-13(15)11-24)29-20(21,22)23/h9-12,14H,5-8H2,1-4H3. The van der Waals surface area contributed by atoms with Crippen molar-refractivity contribution in [3.63, 3.8) is 0 Å². The summed E-state index contributed by atoms with van der Waals surface area (Å²) in [5.41, 5.74) is -0.654. The first-order valence-electron chi connectivity index (χ1n) is 9.32. The number of ether oxygens (including phenoxy) is 5. The summed E-state index contributed by atoms with van der Waals surface area (Å²) < 4.78 is 62.5. The molecule has 30 heavy (non-hydrogen) atoms. The zero-order valence-corrected chi connectivity index (χ0v) is 17.2. The lowest BCUT2D eigenvalue weighted by molar-refractivity contribution is -0.275. The number of alkyl halides is 3. The Morgan fingerprint density at radius 1 is 1.10 bits per heavy atom. The molecule has 0 saturated heterocycles. The van der Waals surface area contributed by atoms with E-state index in [0.29, 0.717) is 19.1 Å². The van der Waals surface area contributed by atoms with Gasteiger partial charge in [-0.05, 0) is 39.7 Å². The molecule has 1 aromatic rings. The smallest absolute Gasteiger partial charge is 0.493 e. The number of hydrogen-bond donors (Lipinski definition) is 0. The maximum absolute atomic E-state index is 12.5. The minimum absolute atomic E-state index is 0.0419. The molecule has 1 fully saturated rings. The minimum Gasteiger partial charge on any atom is -0.493 e. The highest BCUT2D eigenvalue weighted by atomic mass is 19.4. The Bertz CT molecular complexity index is 750. The number of hydrogen-bond acceptors (Lipinski definition) is 7. The zero-order valence-electron chi connectivity index (χ0n) is 17.2. The van der Waals surface area contributed by atoms with E-state index in [1.54, 1.807) is 20.8 Å². The van der Waals surface area contributed by atoms with Crippen LogP contribution >= 0.6 is 0 Å². The SMILES string of the molecule is COc1cc(OCCOC2CC(C(=O)OC(C)(C)C)C2)c(C=O)cc1OC(F)(F)F. The van der Waals surface area contributed by atoms with E-state index >= 15 is 0 Å². The highest BCUT2D eigenvalue weighted by Crippen LogP contribution is 2.37. The van der Waals surface area contributed by atoms with E-state index in [-0.39, 0.29) is 48.3 Å². The van der Waals surface area contributed by atoms with Crippen LogP contribution in [-0.4, -0.2) is 50.6 Å². The Balaban J connectivity index is 1.83. The van der Waals surface area contributed by atoms with Crippen LogP contribution in [0.25, 0.3) is 0 Å². The van der Waals surface area contributed by atoms with Crippen LogP contribution in [0.3, 0.4) is 0 Å². The highest BCUT2D eigenvalue weighted by molar-refractivity contribution is 5.81. The van der Waals surface area contributed by atoms with Crippen LogP contribution in [-0.2, 0) is 14.3 Å². The predicted octanol–water partition coefficient (Wildman–Crippen LogP) is 3.92. The van der Waals surface area contributed by atoms with Crippen molar-refractivity contribution in [2.24, 2.45) is 5.92 Å². The van der Waals surface area contributed by atoms with Crippen LogP contribution < -0.4 is 14.2 Å². The van der Waals surface area contributed by atoms with E-state index < -0.39 is 17.7 Å². The molecular formula is C20H25F3O7. The lowest BCUT2D eigenvalue weighted by atomic mass is 9.82. The van der Waals surface area contributed by atoms with E-state index in [1.165, 1.54) is 7.11 Å². The van der Waals surface area contributed by atoms with Gasteiger partial charge in [0.15, 0.2) is 17.8 Å². The number of benzene rings is 1.